The molecule has 0 spiro atoms. The van der Waals surface area contributed by atoms with E-state index in [0.29, 0.717) is 13.2 Å². The van der Waals surface area contributed by atoms with E-state index in [1.54, 1.807) is 7.11 Å². The van der Waals surface area contributed by atoms with E-state index in [9.17, 15) is 14.4 Å². The van der Waals surface area contributed by atoms with Crippen molar-refractivity contribution in [1.82, 2.24) is 10.2 Å². The molecule has 96 valence electrons. The number of nitrogens with one attached hydrogen (secondary N) is 1. The topological polar surface area (TPSA) is 75.7 Å². The summed E-state index contributed by atoms with van der Waals surface area (Å²) in [6, 6.07) is 0. The molecule has 0 aromatic heterocycles. The van der Waals surface area contributed by atoms with Gasteiger partial charge >= 0.3 is 0 Å². The molecule has 1 rings (SSSR count). The molecule has 1 saturated heterocycles. The summed E-state index contributed by atoms with van der Waals surface area (Å²) in [6.07, 6.45) is 0.231. The SMILES string of the molecule is COCCNC(=O)CCN1C(=O)CC(S)C1=O. The minimum Gasteiger partial charge on any atom is -0.383 e. The smallest absolute Gasteiger partial charge is 0.242 e. The second-order valence-electron chi connectivity index (χ2n) is 3.70. The van der Waals surface area contributed by atoms with Crippen molar-refractivity contribution >= 4 is 30.4 Å². The van der Waals surface area contributed by atoms with Gasteiger partial charge in [0.05, 0.1) is 11.9 Å². The Morgan fingerprint density at radius 3 is 2.82 bits per heavy atom. The van der Waals surface area contributed by atoms with Gasteiger partial charge in [-0.25, -0.2) is 0 Å². The van der Waals surface area contributed by atoms with E-state index in [2.05, 4.69) is 17.9 Å². The number of carbonyl (C=O) groups is 3. The zero-order chi connectivity index (χ0) is 12.8. The molecule has 1 atom stereocenters. The van der Waals surface area contributed by atoms with E-state index in [1.165, 1.54) is 0 Å². The van der Waals surface area contributed by atoms with Gasteiger partial charge in [0, 0.05) is 33.0 Å². The van der Waals surface area contributed by atoms with Crippen LogP contribution in [-0.4, -0.2) is 54.7 Å². The summed E-state index contributed by atoms with van der Waals surface area (Å²) in [5, 5.41) is 2.06. The summed E-state index contributed by atoms with van der Waals surface area (Å²) in [4.78, 5) is 35.3. The molecular formula is C10H16N2O4S. The van der Waals surface area contributed by atoms with Crippen LogP contribution in [0.4, 0.5) is 0 Å². The fraction of sp³-hybridized carbons (Fsp3) is 0.700. The highest BCUT2D eigenvalue weighted by molar-refractivity contribution is 7.81. The van der Waals surface area contributed by atoms with Crippen LogP contribution in [0.3, 0.4) is 0 Å². The van der Waals surface area contributed by atoms with Gasteiger partial charge in [-0.2, -0.15) is 12.6 Å². The van der Waals surface area contributed by atoms with Gasteiger partial charge in [0.25, 0.3) is 0 Å². The van der Waals surface area contributed by atoms with Gasteiger partial charge in [-0.3, -0.25) is 19.3 Å². The van der Waals surface area contributed by atoms with Crippen molar-refractivity contribution in [3.05, 3.63) is 0 Å². The van der Waals surface area contributed by atoms with Gasteiger partial charge in [0.2, 0.25) is 17.7 Å². The molecule has 1 unspecified atom stereocenters. The number of likely N-dealkylation sites (tertiary alicyclic amines) is 1. The molecule has 0 radical (unpaired) electrons. The highest BCUT2D eigenvalue weighted by Crippen LogP contribution is 2.17. The molecule has 6 nitrogen and oxygen atoms in total. The highest BCUT2D eigenvalue weighted by atomic mass is 32.1. The van der Waals surface area contributed by atoms with Crippen LogP contribution >= 0.6 is 12.6 Å². The van der Waals surface area contributed by atoms with Gasteiger partial charge in [0.15, 0.2) is 0 Å². The molecule has 0 saturated carbocycles. The maximum atomic E-state index is 11.5. The van der Waals surface area contributed by atoms with Crippen molar-refractivity contribution in [3.8, 4) is 0 Å². The third-order valence-corrected chi connectivity index (χ3v) is 2.81. The lowest BCUT2D eigenvalue weighted by atomic mass is 10.3. The average molecular weight is 260 g/mol. The van der Waals surface area contributed by atoms with Crippen LogP contribution in [0.2, 0.25) is 0 Å². The summed E-state index contributed by atoms with van der Waals surface area (Å²) in [5.41, 5.74) is 0. The Hall–Kier alpha value is -1.08. The van der Waals surface area contributed by atoms with E-state index >= 15 is 0 Å². The van der Waals surface area contributed by atoms with Gasteiger partial charge in [0.1, 0.15) is 0 Å². The van der Waals surface area contributed by atoms with E-state index in [1.807, 2.05) is 0 Å². The van der Waals surface area contributed by atoms with Crippen LogP contribution in [0.1, 0.15) is 12.8 Å². The lowest BCUT2D eigenvalue weighted by Gasteiger charge is -2.13. The molecule has 0 aromatic rings. The second kappa shape index (κ2) is 6.61. The zero-order valence-electron chi connectivity index (χ0n) is 9.64. The fourth-order valence-electron chi connectivity index (χ4n) is 1.49. The van der Waals surface area contributed by atoms with E-state index in [0.717, 1.165) is 4.90 Å². The minimum absolute atomic E-state index is 0.113. The molecule has 7 heteroatoms. The second-order valence-corrected chi connectivity index (χ2v) is 4.32. The normalized spacial score (nSPS) is 19.9. The molecule has 0 aromatic carbocycles. The third-order valence-electron chi connectivity index (χ3n) is 2.41. The molecule has 1 N–H and O–H groups in total. The third kappa shape index (κ3) is 4.01. The first-order valence-electron chi connectivity index (χ1n) is 5.34. The maximum Gasteiger partial charge on any atom is 0.242 e. The number of imide groups is 1. The summed E-state index contributed by atoms with van der Waals surface area (Å²) in [5.74, 6) is -0.784. The maximum absolute atomic E-state index is 11.5. The number of ether oxygens (including phenoxy) is 1. The van der Waals surface area contributed by atoms with E-state index in [4.69, 9.17) is 4.74 Å². The Balaban J connectivity index is 2.28. The Labute approximate surface area is 105 Å². The Morgan fingerprint density at radius 2 is 2.29 bits per heavy atom. The lowest BCUT2D eigenvalue weighted by Crippen LogP contribution is -2.36. The predicted octanol–water partition coefficient (Wildman–Crippen LogP) is -0.804. The summed E-state index contributed by atoms with van der Waals surface area (Å²) >= 11 is 3.99. The summed E-state index contributed by atoms with van der Waals surface area (Å²) in [6.45, 7) is 0.978. The fourth-order valence-corrected chi connectivity index (χ4v) is 1.79. The van der Waals surface area contributed by atoms with Crippen LogP contribution in [0.5, 0.6) is 0 Å². The first kappa shape index (κ1) is 14.0. The van der Waals surface area contributed by atoms with Crippen molar-refractivity contribution in [2.24, 2.45) is 0 Å². The van der Waals surface area contributed by atoms with E-state index < -0.39 is 5.25 Å². The lowest BCUT2D eigenvalue weighted by molar-refractivity contribution is -0.138. The molecule has 3 amide bonds. The van der Waals surface area contributed by atoms with Crippen molar-refractivity contribution < 1.29 is 19.1 Å². The molecule has 17 heavy (non-hydrogen) atoms. The van der Waals surface area contributed by atoms with Crippen molar-refractivity contribution in [2.45, 2.75) is 18.1 Å². The van der Waals surface area contributed by atoms with E-state index in [-0.39, 0.29) is 37.1 Å². The highest BCUT2D eigenvalue weighted by Gasteiger charge is 2.36. The first-order chi connectivity index (χ1) is 8.06. The molecule has 1 aliphatic rings. The average Bonchev–Trinajstić information content (AvgIpc) is 2.51. The van der Waals surface area contributed by atoms with Gasteiger partial charge in [-0.1, -0.05) is 0 Å². The number of hydrogen-bond acceptors (Lipinski definition) is 5. The number of rotatable bonds is 6. The molecule has 1 fully saturated rings. The number of thiol groups is 1. The van der Waals surface area contributed by atoms with Crippen LogP contribution in [-0.2, 0) is 19.1 Å². The van der Waals surface area contributed by atoms with Crippen LogP contribution in [0.25, 0.3) is 0 Å². The number of nitrogens with zero attached hydrogens (tertiary/aromatic N) is 1. The molecule has 1 heterocycles. The van der Waals surface area contributed by atoms with Gasteiger partial charge in [-0.15, -0.1) is 0 Å². The number of amides is 3. The predicted molar refractivity (Wildman–Crippen MR) is 63.6 cm³/mol. The Morgan fingerprint density at radius 1 is 1.59 bits per heavy atom. The van der Waals surface area contributed by atoms with Gasteiger partial charge in [-0.05, 0) is 0 Å². The standard InChI is InChI=1S/C10H16N2O4S/c1-16-5-3-11-8(13)2-4-12-9(14)6-7(17)10(12)15/h7,17H,2-6H2,1H3,(H,11,13). The summed E-state index contributed by atoms with van der Waals surface area (Å²) < 4.78 is 4.77. The quantitative estimate of drug-likeness (QED) is 0.372. The number of carbonyl (C=O) groups excluding carboxylic acids is 3. The Bertz CT molecular complexity index is 321. The molecule has 0 aliphatic carbocycles. The molecule has 0 bridgehead atoms. The van der Waals surface area contributed by atoms with Crippen LogP contribution in [0.15, 0.2) is 0 Å². The Kier molecular flexibility index (Phi) is 5.43. The monoisotopic (exact) mass is 260 g/mol. The minimum atomic E-state index is -0.556. The van der Waals surface area contributed by atoms with Crippen molar-refractivity contribution in [1.29, 1.82) is 0 Å². The first-order valence-corrected chi connectivity index (χ1v) is 5.85. The molecular weight excluding hydrogens is 244 g/mol. The van der Waals surface area contributed by atoms with Crippen molar-refractivity contribution in [2.75, 3.05) is 26.8 Å². The number of methoxy groups -OCH3 is 1. The van der Waals surface area contributed by atoms with Crippen LogP contribution in [0, 0.1) is 0 Å². The zero-order valence-corrected chi connectivity index (χ0v) is 10.5. The van der Waals surface area contributed by atoms with Gasteiger partial charge < -0.3 is 10.1 Å². The molecule has 1 aliphatic heterocycles. The summed E-state index contributed by atoms with van der Waals surface area (Å²) in [7, 11) is 1.54. The largest absolute Gasteiger partial charge is 0.383 e. The van der Waals surface area contributed by atoms with Crippen molar-refractivity contribution in [3.63, 3.8) is 0 Å². The van der Waals surface area contributed by atoms with Crippen LogP contribution < -0.4 is 5.32 Å². The number of hydrogen-bond donors (Lipinski definition) is 2.